The van der Waals surface area contributed by atoms with Crippen molar-refractivity contribution < 1.29 is 23.8 Å². The molecule has 1 aromatic heterocycles. The molecule has 0 spiro atoms. The molecule has 156 valence electrons. The number of esters is 1. The lowest BCUT2D eigenvalue weighted by Crippen LogP contribution is -2.17. The van der Waals surface area contributed by atoms with E-state index in [9.17, 15) is 9.59 Å². The van der Waals surface area contributed by atoms with Gasteiger partial charge in [-0.3, -0.25) is 4.79 Å². The minimum Gasteiger partial charge on any atom is -0.493 e. The average molecular weight is 418 g/mol. The topological polar surface area (TPSA) is 73.9 Å². The first kappa shape index (κ1) is 21.2. The Kier molecular flexibility index (Phi) is 6.79. The second-order valence-electron chi connectivity index (χ2n) is 6.97. The van der Waals surface area contributed by atoms with Gasteiger partial charge in [-0.1, -0.05) is 13.3 Å². The largest absolute Gasteiger partial charge is 0.493 e. The summed E-state index contributed by atoms with van der Waals surface area (Å²) in [5.74, 6) is 0.964. The van der Waals surface area contributed by atoms with Crippen LogP contribution in [-0.4, -0.2) is 32.7 Å². The number of benzene rings is 1. The van der Waals surface area contributed by atoms with E-state index in [1.165, 1.54) is 23.3 Å². The number of carbonyl (C=O) groups is 2. The minimum atomic E-state index is -0.373. The first-order chi connectivity index (χ1) is 14.0. The van der Waals surface area contributed by atoms with Gasteiger partial charge in [0, 0.05) is 10.4 Å². The number of thiophene rings is 1. The summed E-state index contributed by atoms with van der Waals surface area (Å²) >= 11 is 1.49. The van der Waals surface area contributed by atoms with Gasteiger partial charge < -0.3 is 19.5 Å². The number of ether oxygens (including phenoxy) is 3. The number of fused-ring (bicyclic) bond motifs is 1. The smallest absolute Gasteiger partial charge is 0.341 e. The third-order valence-electron chi connectivity index (χ3n) is 5.30. The number of nitrogens with one attached hydrogen (secondary N) is 1. The summed E-state index contributed by atoms with van der Waals surface area (Å²) in [4.78, 5) is 26.7. The van der Waals surface area contributed by atoms with Crippen LogP contribution in [-0.2, 0) is 17.6 Å². The zero-order chi connectivity index (χ0) is 21.0. The van der Waals surface area contributed by atoms with Crippen molar-refractivity contribution in [1.29, 1.82) is 0 Å². The SMILES string of the molecule is CCOC(=O)c1c(NC(=O)c2ccc(OC)c(OC)c2)sc2c1CC[C@@H](CC)C2. The molecule has 1 aromatic carbocycles. The molecule has 7 heteroatoms. The normalized spacial score (nSPS) is 15.4. The monoisotopic (exact) mass is 417 g/mol. The fourth-order valence-electron chi connectivity index (χ4n) is 3.66. The summed E-state index contributed by atoms with van der Waals surface area (Å²) in [5, 5.41) is 3.49. The highest BCUT2D eigenvalue weighted by Crippen LogP contribution is 2.41. The number of rotatable bonds is 7. The van der Waals surface area contributed by atoms with Crippen LogP contribution in [0.5, 0.6) is 11.5 Å². The van der Waals surface area contributed by atoms with Crippen LogP contribution in [0, 0.1) is 5.92 Å². The van der Waals surface area contributed by atoms with Gasteiger partial charge in [0.25, 0.3) is 5.91 Å². The van der Waals surface area contributed by atoms with Crippen molar-refractivity contribution >= 4 is 28.2 Å². The van der Waals surface area contributed by atoms with Gasteiger partial charge in [-0.05, 0) is 55.9 Å². The number of hydrogen-bond acceptors (Lipinski definition) is 6. The van der Waals surface area contributed by atoms with Crippen LogP contribution < -0.4 is 14.8 Å². The summed E-state index contributed by atoms with van der Waals surface area (Å²) < 4.78 is 15.8. The summed E-state index contributed by atoms with van der Waals surface area (Å²) in [5.41, 5.74) is 1.96. The van der Waals surface area contributed by atoms with E-state index in [0.717, 1.165) is 31.2 Å². The number of hydrogen-bond donors (Lipinski definition) is 1. The molecule has 0 fully saturated rings. The van der Waals surface area contributed by atoms with Crippen LogP contribution in [0.2, 0.25) is 0 Å². The molecule has 1 amide bonds. The minimum absolute atomic E-state index is 0.296. The van der Waals surface area contributed by atoms with Crippen LogP contribution >= 0.6 is 11.3 Å². The van der Waals surface area contributed by atoms with E-state index in [0.29, 0.717) is 40.2 Å². The van der Waals surface area contributed by atoms with Crippen LogP contribution in [0.4, 0.5) is 5.00 Å². The summed E-state index contributed by atoms with van der Waals surface area (Å²) in [6.07, 6.45) is 3.94. The molecule has 3 rings (SSSR count). The predicted molar refractivity (Wildman–Crippen MR) is 114 cm³/mol. The van der Waals surface area contributed by atoms with E-state index < -0.39 is 0 Å². The Labute approximate surface area is 175 Å². The second kappa shape index (κ2) is 9.31. The number of anilines is 1. The van der Waals surface area contributed by atoms with Crippen LogP contribution in [0.25, 0.3) is 0 Å². The molecule has 0 unspecified atom stereocenters. The maximum absolute atomic E-state index is 12.9. The highest BCUT2D eigenvalue weighted by molar-refractivity contribution is 7.17. The van der Waals surface area contributed by atoms with Gasteiger partial charge in [0.2, 0.25) is 0 Å². The van der Waals surface area contributed by atoms with Gasteiger partial charge in [-0.2, -0.15) is 0 Å². The van der Waals surface area contributed by atoms with E-state index in [2.05, 4.69) is 12.2 Å². The summed E-state index contributed by atoms with van der Waals surface area (Å²) in [7, 11) is 3.07. The summed E-state index contributed by atoms with van der Waals surface area (Å²) in [6, 6.07) is 4.98. The van der Waals surface area contributed by atoms with Crippen LogP contribution in [0.15, 0.2) is 18.2 Å². The zero-order valence-electron chi connectivity index (χ0n) is 17.3. The van der Waals surface area contributed by atoms with Gasteiger partial charge in [-0.15, -0.1) is 11.3 Å². The molecule has 1 aliphatic rings. The Hall–Kier alpha value is -2.54. The Morgan fingerprint density at radius 1 is 1.17 bits per heavy atom. The second-order valence-corrected chi connectivity index (χ2v) is 8.07. The first-order valence-electron chi connectivity index (χ1n) is 9.87. The molecular weight excluding hydrogens is 390 g/mol. The van der Waals surface area contributed by atoms with Crippen molar-refractivity contribution in [2.24, 2.45) is 5.92 Å². The molecule has 1 heterocycles. The Bertz CT molecular complexity index is 905. The molecule has 1 N–H and O–H groups in total. The molecule has 0 aliphatic heterocycles. The molecule has 29 heavy (non-hydrogen) atoms. The first-order valence-corrected chi connectivity index (χ1v) is 10.7. The molecule has 0 saturated heterocycles. The molecule has 2 aromatic rings. The Morgan fingerprint density at radius 2 is 1.93 bits per heavy atom. The Morgan fingerprint density at radius 3 is 2.59 bits per heavy atom. The molecule has 0 saturated carbocycles. The van der Waals surface area contributed by atoms with E-state index in [-0.39, 0.29) is 11.9 Å². The maximum Gasteiger partial charge on any atom is 0.341 e. The van der Waals surface area contributed by atoms with Gasteiger partial charge >= 0.3 is 5.97 Å². The zero-order valence-corrected chi connectivity index (χ0v) is 18.1. The third-order valence-corrected chi connectivity index (χ3v) is 6.47. The molecule has 1 atom stereocenters. The van der Waals surface area contributed by atoms with Gasteiger partial charge in [-0.25, -0.2) is 4.79 Å². The van der Waals surface area contributed by atoms with Crippen molar-refractivity contribution in [2.75, 3.05) is 26.1 Å². The van der Waals surface area contributed by atoms with Crippen LogP contribution in [0.3, 0.4) is 0 Å². The van der Waals surface area contributed by atoms with Gasteiger partial charge in [0.15, 0.2) is 11.5 Å². The lowest BCUT2D eigenvalue weighted by Gasteiger charge is -2.20. The molecular formula is C22H27NO5S. The molecule has 0 radical (unpaired) electrons. The van der Waals surface area contributed by atoms with Crippen molar-refractivity contribution in [3.63, 3.8) is 0 Å². The van der Waals surface area contributed by atoms with E-state index in [4.69, 9.17) is 14.2 Å². The van der Waals surface area contributed by atoms with E-state index >= 15 is 0 Å². The number of methoxy groups -OCH3 is 2. The number of amides is 1. The lowest BCUT2D eigenvalue weighted by molar-refractivity contribution is 0.0526. The highest BCUT2D eigenvalue weighted by atomic mass is 32.1. The highest BCUT2D eigenvalue weighted by Gasteiger charge is 2.30. The van der Waals surface area contributed by atoms with Crippen molar-refractivity contribution in [3.05, 3.63) is 39.8 Å². The average Bonchev–Trinajstić information content (AvgIpc) is 3.09. The van der Waals surface area contributed by atoms with Gasteiger partial charge in [0.05, 0.1) is 26.4 Å². The Balaban J connectivity index is 1.93. The van der Waals surface area contributed by atoms with Gasteiger partial charge in [0.1, 0.15) is 5.00 Å². The standard InChI is InChI=1S/C22H27NO5S/c1-5-13-7-9-15-18(11-13)29-21(19(15)22(25)28-6-2)23-20(24)14-8-10-16(26-3)17(12-14)27-4/h8,10,12-13H,5-7,9,11H2,1-4H3,(H,23,24)/t13-/m1/s1. The summed E-state index contributed by atoms with van der Waals surface area (Å²) in [6.45, 7) is 4.27. The van der Waals surface area contributed by atoms with E-state index in [1.54, 1.807) is 32.2 Å². The van der Waals surface area contributed by atoms with Crippen molar-refractivity contribution in [3.8, 4) is 11.5 Å². The fraction of sp³-hybridized carbons (Fsp3) is 0.455. The fourth-order valence-corrected chi connectivity index (χ4v) is 5.01. The number of carbonyl (C=O) groups excluding carboxylic acids is 2. The van der Waals surface area contributed by atoms with E-state index in [1.807, 2.05) is 0 Å². The van der Waals surface area contributed by atoms with Crippen molar-refractivity contribution in [2.45, 2.75) is 39.5 Å². The molecule has 0 bridgehead atoms. The molecule has 1 aliphatic carbocycles. The third kappa shape index (κ3) is 4.40. The maximum atomic E-state index is 12.9. The predicted octanol–water partition coefficient (Wildman–Crippen LogP) is 4.71. The lowest BCUT2D eigenvalue weighted by atomic mass is 9.85. The van der Waals surface area contributed by atoms with Crippen LogP contribution in [0.1, 0.15) is 57.8 Å². The molecule has 6 nitrogen and oxygen atoms in total. The van der Waals surface area contributed by atoms with Crippen molar-refractivity contribution in [1.82, 2.24) is 0 Å². The quantitative estimate of drug-likeness (QED) is 0.661.